The number of nitrogens with zero attached hydrogens (tertiary/aromatic N) is 3. The van der Waals surface area contributed by atoms with Gasteiger partial charge in [-0.1, -0.05) is 18.5 Å². The Morgan fingerprint density at radius 1 is 1.33 bits per heavy atom. The van der Waals surface area contributed by atoms with Crippen molar-refractivity contribution in [2.45, 2.75) is 39.3 Å². The van der Waals surface area contributed by atoms with Crippen molar-refractivity contribution >= 4 is 11.6 Å². The second-order valence-corrected chi connectivity index (χ2v) is 6.66. The lowest BCUT2D eigenvalue weighted by Crippen LogP contribution is -2.37. The third-order valence-corrected chi connectivity index (χ3v) is 5.17. The van der Waals surface area contributed by atoms with Crippen molar-refractivity contribution in [3.8, 4) is 5.69 Å². The monoisotopic (exact) mass is 350 g/mol. The van der Waals surface area contributed by atoms with Crippen LogP contribution in [0.5, 0.6) is 0 Å². The van der Waals surface area contributed by atoms with Crippen LogP contribution in [0.3, 0.4) is 0 Å². The number of hydrogen-bond acceptors (Lipinski definition) is 3. The maximum absolute atomic E-state index is 13.1. The molecule has 2 heterocycles. The summed E-state index contributed by atoms with van der Waals surface area (Å²) in [4.78, 5) is 2.52. The van der Waals surface area contributed by atoms with Crippen LogP contribution in [0.2, 0.25) is 5.15 Å². The molecule has 1 unspecified atom stereocenters. The van der Waals surface area contributed by atoms with Crippen molar-refractivity contribution in [1.82, 2.24) is 20.0 Å². The van der Waals surface area contributed by atoms with Gasteiger partial charge in [0.05, 0.1) is 11.4 Å². The van der Waals surface area contributed by atoms with E-state index in [1.54, 1.807) is 16.8 Å². The van der Waals surface area contributed by atoms with E-state index in [2.05, 4.69) is 22.2 Å². The highest BCUT2D eigenvalue weighted by atomic mass is 35.5. The van der Waals surface area contributed by atoms with Crippen LogP contribution in [0.25, 0.3) is 5.69 Å². The summed E-state index contributed by atoms with van der Waals surface area (Å²) in [5.41, 5.74) is 2.67. The zero-order chi connectivity index (χ0) is 17.1. The number of aromatic nitrogens is 2. The van der Waals surface area contributed by atoms with Crippen LogP contribution < -0.4 is 5.32 Å². The van der Waals surface area contributed by atoms with E-state index in [1.807, 2.05) is 6.92 Å². The molecule has 0 saturated carbocycles. The first-order valence-electron chi connectivity index (χ1n) is 8.55. The quantitative estimate of drug-likeness (QED) is 0.865. The molecule has 130 valence electrons. The standard InChI is InChI=1S/C18H24ClFN4/c1-3-23-10-4-5-16(23)11-21-12-17-13(2)22-24(18(17)19)15-8-6-14(20)7-9-15/h6-9,16,21H,3-5,10-12H2,1-2H3. The number of aryl methyl sites for hydroxylation is 1. The lowest BCUT2D eigenvalue weighted by atomic mass is 10.2. The molecule has 3 rings (SSSR count). The molecule has 1 saturated heterocycles. The highest BCUT2D eigenvalue weighted by Gasteiger charge is 2.22. The number of hydrogen-bond donors (Lipinski definition) is 1. The summed E-state index contributed by atoms with van der Waals surface area (Å²) >= 11 is 6.51. The summed E-state index contributed by atoms with van der Waals surface area (Å²) in [5.74, 6) is -0.266. The first kappa shape index (κ1) is 17.4. The Bertz CT molecular complexity index is 683. The van der Waals surface area contributed by atoms with E-state index in [9.17, 15) is 4.39 Å². The fraction of sp³-hybridized carbons (Fsp3) is 0.500. The molecule has 4 nitrogen and oxygen atoms in total. The van der Waals surface area contributed by atoms with Gasteiger partial charge in [-0.15, -0.1) is 0 Å². The van der Waals surface area contributed by atoms with Gasteiger partial charge in [-0.3, -0.25) is 4.90 Å². The number of likely N-dealkylation sites (tertiary alicyclic amines) is 1. The minimum atomic E-state index is -0.266. The van der Waals surface area contributed by atoms with Crippen LogP contribution in [-0.4, -0.2) is 40.4 Å². The largest absolute Gasteiger partial charge is 0.311 e. The summed E-state index contributed by atoms with van der Waals surface area (Å²) in [6, 6.07) is 6.81. The number of likely N-dealkylation sites (N-methyl/N-ethyl adjacent to an activating group) is 1. The topological polar surface area (TPSA) is 33.1 Å². The molecular weight excluding hydrogens is 327 g/mol. The van der Waals surface area contributed by atoms with Gasteiger partial charge in [0.2, 0.25) is 0 Å². The van der Waals surface area contributed by atoms with Gasteiger partial charge in [0.1, 0.15) is 11.0 Å². The molecule has 1 aromatic heterocycles. The van der Waals surface area contributed by atoms with Crippen LogP contribution in [0.4, 0.5) is 4.39 Å². The van der Waals surface area contributed by atoms with Gasteiger partial charge in [-0.25, -0.2) is 9.07 Å². The Balaban J connectivity index is 1.67. The van der Waals surface area contributed by atoms with Gasteiger partial charge in [0.15, 0.2) is 0 Å². The van der Waals surface area contributed by atoms with E-state index in [4.69, 9.17) is 11.6 Å². The Hall–Kier alpha value is -1.43. The third-order valence-electron chi connectivity index (χ3n) is 4.78. The lowest BCUT2D eigenvalue weighted by molar-refractivity contribution is 0.260. The summed E-state index contributed by atoms with van der Waals surface area (Å²) in [5, 5.41) is 8.62. The van der Waals surface area contributed by atoms with E-state index in [1.165, 1.54) is 31.5 Å². The molecule has 0 spiro atoms. The molecule has 0 radical (unpaired) electrons. The van der Waals surface area contributed by atoms with Crippen molar-refractivity contribution in [3.63, 3.8) is 0 Å². The van der Waals surface area contributed by atoms with Crippen LogP contribution in [0.1, 0.15) is 31.0 Å². The highest BCUT2D eigenvalue weighted by molar-refractivity contribution is 6.30. The molecule has 1 N–H and O–H groups in total. The van der Waals surface area contributed by atoms with Crippen molar-refractivity contribution in [1.29, 1.82) is 0 Å². The SMILES string of the molecule is CCN1CCCC1CNCc1c(C)nn(-c2ccc(F)cc2)c1Cl. The molecule has 0 amide bonds. The van der Waals surface area contributed by atoms with Gasteiger partial charge in [0, 0.05) is 24.7 Å². The fourth-order valence-corrected chi connectivity index (χ4v) is 3.73. The number of benzene rings is 1. The first-order valence-corrected chi connectivity index (χ1v) is 8.92. The van der Waals surface area contributed by atoms with E-state index in [0.29, 0.717) is 17.7 Å². The molecule has 1 aromatic carbocycles. The summed E-state index contributed by atoms with van der Waals surface area (Å²) in [6.07, 6.45) is 2.53. The lowest BCUT2D eigenvalue weighted by Gasteiger charge is -2.22. The molecule has 24 heavy (non-hydrogen) atoms. The molecule has 6 heteroatoms. The Morgan fingerprint density at radius 2 is 2.08 bits per heavy atom. The average molecular weight is 351 g/mol. The maximum Gasteiger partial charge on any atom is 0.137 e. The fourth-order valence-electron chi connectivity index (χ4n) is 3.39. The van der Waals surface area contributed by atoms with Gasteiger partial charge in [0.25, 0.3) is 0 Å². The summed E-state index contributed by atoms with van der Waals surface area (Å²) in [7, 11) is 0. The molecule has 2 aromatic rings. The van der Waals surface area contributed by atoms with E-state index in [-0.39, 0.29) is 5.82 Å². The Morgan fingerprint density at radius 3 is 2.79 bits per heavy atom. The second kappa shape index (κ2) is 7.64. The van der Waals surface area contributed by atoms with Crippen molar-refractivity contribution in [2.24, 2.45) is 0 Å². The predicted molar refractivity (Wildman–Crippen MR) is 95.2 cm³/mol. The summed E-state index contributed by atoms with van der Waals surface area (Å²) < 4.78 is 14.8. The minimum Gasteiger partial charge on any atom is -0.311 e. The molecule has 1 atom stereocenters. The van der Waals surface area contributed by atoms with Gasteiger partial charge in [-0.05, 0) is 57.1 Å². The Labute approximate surface area is 147 Å². The van der Waals surface area contributed by atoms with Gasteiger partial charge >= 0.3 is 0 Å². The van der Waals surface area contributed by atoms with E-state index in [0.717, 1.165) is 30.0 Å². The van der Waals surface area contributed by atoms with Crippen LogP contribution in [0.15, 0.2) is 24.3 Å². The Kier molecular flexibility index (Phi) is 5.54. The number of halogens is 2. The first-order chi connectivity index (χ1) is 11.6. The average Bonchev–Trinajstić information content (AvgIpc) is 3.14. The van der Waals surface area contributed by atoms with E-state index < -0.39 is 0 Å². The highest BCUT2D eigenvalue weighted by Crippen LogP contribution is 2.24. The predicted octanol–water partition coefficient (Wildman–Crippen LogP) is 3.55. The molecule has 1 aliphatic rings. The normalized spacial score (nSPS) is 18.4. The zero-order valence-corrected chi connectivity index (χ0v) is 15.0. The van der Waals surface area contributed by atoms with Crippen LogP contribution in [-0.2, 0) is 6.54 Å². The molecular formula is C18H24ClFN4. The van der Waals surface area contributed by atoms with Gasteiger partial charge in [-0.2, -0.15) is 5.10 Å². The molecule has 1 fully saturated rings. The van der Waals surface area contributed by atoms with E-state index >= 15 is 0 Å². The molecule has 0 bridgehead atoms. The summed E-state index contributed by atoms with van der Waals surface area (Å²) in [6.45, 7) is 8.13. The minimum absolute atomic E-state index is 0.266. The maximum atomic E-state index is 13.1. The van der Waals surface area contributed by atoms with Crippen molar-refractivity contribution < 1.29 is 4.39 Å². The zero-order valence-electron chi connectivity index (χ0n) is 14.2. The van der Waals surface area contributed by atoms with Crippen LogP contribution >= 0.6 is 11.6 Å². The number of nitrogens with one attached hydrogen (secondary N) is 1. The smallest absolute Gasteiger partial charge is 0.137 e. The molecule has 1 aliphatic heterocycles. The van der Waals surface area contributed by atoms with Crippen LogP contribution in [0, 0.1) is 12.7 Å². The molecule has 0 aliphatic carbocycles. The van der Waals surface area contributed by atoms with Crippen molar-refractivity contribution in [3.05, 3.63) is 46.5 Å². The van der Waals surface area contributed by atoms with Crippen molar-refractivity contribution in [2.75, 3.05) is 19.6 Å². The second-order valence-electron chi connectivity index (χ2n) is 6.30. The van der Waals surface area contributed by atoms with Gasteiger partial charge < -0.3 is 5.32 Å². The number of rotatable bonds is 6. The third kappa shape index (κ3) is 3.63.